The number of hydrogen-bond donors (Lipinski definition) is 1. The molecule has 0 spiro atoms. The smallest absolute Gasteiger partial charge is 0.256 e. The summed E-state index contributed by atoms with van der Waals surface area (Å²) in [6.07, 6.45) is 3.47. The topological polar surface area (TPSA) is 29.1 Å². The zero-order valence-electron chi connectivity index (χ0n) is 10.7. The van der Waals surface area contributed by atoms with E-state index in [1.165, 1.54) is 17.5 Å². The van der Waals surface area contributed by atoms with E-state index >= 15 is 0 Å². The number of nitrogens with one attached hydrogen (secondary N) is 1. The molecule has 0 bridgehead atoms. The molecule has 2 aromatic carbocycles. The Balaban J connectivity index is 1.82. The van der Waals surface area contributed by atoms with Crippen LogP contribution in [0.1, 0.15) is 27.9 Å². The number of carbonyl (C=O) groups excluding carboxylic acids is 1. The van der Waals surface area contributed by atoms with E-state index in [0.717, 1.165) is 22.1 Å². The summed E-state index contributed by atoms with van der Waals surface area (Å²) in [5.41, 5.74) is 4.27. The second-order valence-corrected chi connectivity index (χ2v) is 6.51. The Kier molecular flexibility index (Phi) is 3.98. The second kappa shape index (κ2) is 5.74. The molecule has 0 aliphatic heterocycles. The predicted molar refractivity (Wildman–Crippen MR) is 90.6 cm³/mol. The van der Waals surface area contributed by atoms with Gasteiger partial charge in [-0.15, -0.1) is 0 Å². The van der Waals surface area contributed by atoms with Gasteiger partial charge in [0, 0.05) is 14.3 Å². The normalized spacial score (nSPS) is 13.1. The number of fused-ring (bicyclic) bond motifs is 1. The fourth-order valence-corrected chi connectivity index (χ4v) is 3.64. The molecular weight excluding hydrogens is 385 g/mol. The van der Waals surface area contributed by atoms with Crippen molar-refractivity contribution in [3.05, 3.63) is 61.7 Å². The van der Waals surface area contributed by atoms with Crippen LogP contribution in [-0.2, 0) is 12.8 Å². The number of amides is 1. The number of benzene rings is 2. The van der Waals surface area contributed by atoms with Crippen LogP contribution in [0.5, 0.6) is 0 Å². The van der Waals surface area contributed by atoms with Gasteiger partial charge in [-0.2, -0.15) is 0 Å². The molecule has 20 heavy (non-hydrogen) atoms. The van der Waals surface area contributed by atoms with Crippen LogP contribution in [0.2, 0.25) is 5.02 Å². The SMILES string of the molecule is O=C(Nc1ccc2c(c1)CCC2)c1ccc(Cl)cc1I. The summed E-state index contributed by atoms with van der Waals surface area (Å²) in [5.74, 6) is -0.0935. The minimum absolute atomic E-state index is 0.0935. The molecular formula is C16H13ClINO. The molecule has 1 amide bonds. The van der Waals surface area contributed by atoms with E-state index < -0.39 is 0 Å². The highest BCUT2D eigenvalue weighted by atomic mass is 127. The first kappa shape index (κ1) is 13.9. The third-order valence-corrected chi connectivity index (χ3v) is 4.66. The minimum atomic E-state index is -0.0935. The van der Waals surface area contributed by atoms with E-state index in [2.05, 4.69) is 40.0 Å². The first-order valence-electron chi connectivity index (χ1n) is 6.52. The largest absolute Gasteiger partial charge is 0.322 e. The lowest BCUT2D eigenvalue weighted by molar-refractivity contribution is 0.102. The van der Waals surface area contributed by atoms with Crippen LogP contribution in [-0.4, -0.2) is 5.91 Å². The summed E-state index contributed by atoms with van der Waals surface area (Å²) in [7, 11) is 0. The monoisotopic (exact) mass is 397 g/mol. The van der Waals surface area contributed by atoms with Crippen LogP contribution >= 0.6 is 34.2 Å². The highest BCUT2D eigenvalue weighted by Gasteiger charge is 2.14. The van der Waals surface area contributed by atoms with Gasteiger partial charge in [0.1, 0.15) is 0 Å². The molecule has 2 aromatic rings. The van der Waals surface area contributed by atoms with Gasteiger partial charge in [0.2, 0.25) is 0 Å². The number of hydrogen-bond acceptors (Lipinski definition) is 1. The third kappa shape index (κ3) is 2.83. The molecule has 0 aromatic heterocycles. The van der Waals surface area contributed by atoms with Crippen molar-refractivity contribution in [2.75, 3.05) is 5.32 Å². The van der Waals surface area contributed by atoms with Crippen molar-refractivity contribution in [1.29, 1.82) is 0 Å². The number of rotatable bonds is 2. The molecule has 0 radical (unpaired) electrons. The summed E-state index contributed by atoms with van der Waals surface area (Å²) in [6, 6.07) is 11.5. The molecule has 1 aliphatic rings. The molecule has 0 unspecified atom stereocenters. The Bertz CT molecular complexity index is 684. The number of carbonyl (C=O) groups is 1. The van der Waals surface area contributed by atoms with Gasteiger partial charge in [0.15, 0.2) is 0 Å². The summed E-state index contributed by atoms with van der Waals surface area (Å²) < 4.78 is 0.855. The lowest BCUT2D eigenvalue weighted by Crippen LogP contribution is -2.13. The molecule has 0 heterocycles. The average Bonchev–Trinajstić information content (AvgIpc) is 2.85. The Morgan fingerprint density at radius 2 is 1.90 bits per heavy atom. The maximum absolute atomic E-state index is 12.3. The van der Waals surface area contributed by atoms with Gasteiger partial charge >= 0.3 is 0 Å². The van der Waals surface area contributed by atoms with Crippen LogP contribution in [0.15, 0.2) is 36.4 Å². The van der Waals surface area contributed by atoms with Crippen molar-refractivity contribution >= 4 is 45.8 Å². The van der Waals surface area contributed by atoms with E-state index in [1.807, 2.05) is 6.07 Å². The average molecular weight is 398 g/mol. The Morgan fingerprint density at radius 3 is 2.70 bits per heavy atom. The highest BCUT2D eigenvalue weighted by Crippen LogP contribution is 2.25. The first-order chi connectivity index (χ1) is 9.63. The van der Waals surface area contributed by atoms with Gasteiger partial charge in [0.05, 0.1) is 5.56 Å². The van der Waals surface area contributed by atoms with Crippen LogP contribution in [0.25, 0.3) is 0 Å². The second-order valence-electron chi connectivity index (χ2n) is 4.92. The minimum Gasteiger partial charge on any atom is -0.322 e. The lowest BCUT2D eigenvalue weighted by atomic mass is 10.1. The molecule has 0 saturated heterocycles. The van der Waals surface area contributed by atoms with Crippen molar-refractivity contribution in [2.45, 2.75) is 19.3 Å². The van der Waals surface area contributed by atoms with E-state index in [9.17, 15) is 4.79 Å². The molecule has 1 aliphatic carbocycles. The number of anilines is 1. The molecule has 3 rings (SSSR count). The molecule has 4 heteroatoms. The maximum Gasteiger partial charge on any atom is 0.256 e. The standard InChI is InChI=1S/C16H13ClINO/c17-12-5-7-14(15(18)9-12)16(20)19-13-6-4-10-2-1-3-11(10)8-13/h4-9H,1-3H2,(H,19,20). The summed E-state index contributed by atoms with van der Waals surface area (Å²) in [6.45, 7) is 0. The molecule has 0 saturated carbocycles. The Morgan fingerprint density at radius 1 is 1.10 bits per heavy atom. The zero-order chi connectivity index (χ0) is 14.1. The summed E-state index contributed by atoms with van der Waals surface area (Å²) >= 11 is 8.04. The van der Waals surface area contributed by atoms with E-state index in [-0.39, 0.29) is 5.91 Å². The molecule has 0 fully saturated rings. The van der Waals surface area contributed by atoms with Crippen molar-refractivity contribution in [1.82, 2.24) is 0 Å². The van der Waals surface area contributed by atoms with Crippen LogP contribution in [0, 0.1) is 3.57 Å². The van der Waals surface area contributed by atoms with E-state index in [0.29, 0.717) is 10.6 Å². The lowest BCUT2D eigenvalue weighted by Gasteiger charge is -2.09. The number of halogens is 2. The Labute approximate surface area is 136 Å². The van der Waals surface area contributed by atoms with Crippen LogP contribution in [0.4, 0.5) is 5.69 Å². The maximum atomic E-state index is 12.3. The fourth-order valence-electron chi connectivity index (χ4n) is 2.52. The summed E-state index contributed by atoms with van der Waals surface area (Å²) in [4.78, 5) is 12.3. The van der Waals surface area contributed by atoms with Crippen LogP contribution < -0.4 is 5.32 Å². The molecule has 1 N–H and O–H groups in total. The van der Waals surface area contributed by atoms with Crippen molar-refractivity contribution in [2.24, 2.45) is 0 Å². The molecule has 2 nitrogen and oxygen atoms in total. The highest BCUT2D eigenvalue weighted by molar-refractivity contribution is 14.1. The Hall–Kier alpha value is -1.07. The van der Waals surface area contributed by atoms with Gasteiger partial charge < -0.3 is 5.32 Å². The fraction of sp³-hybridized carbons (Fsp3) is 0.188. The zero-order valence-corrected chi connectivity index (χ0v) is 13.7. The van der Waals surface area contributed by atoms with Crippen molar-refractivity contribution < 1.29 is 4.79 Å². The van der Waals surface area contributed by atoms with Gasteiger partial charge in [-0.25, -0.2) is 0 Å². The molecule has 102 valence electrons. The molecule has 0 atom stereocenters. The quantitative estimate of drug-likeness (QED) is 0.732. The van der Waals surface area contributed by atoms with Crippen LogP contribution in [0.3, 0.4) is 0 Å². The van der Waals surface area contributed by atoms with Gasteiger partial charge in [-0.3, -0.25) is 4.79 Å². The van der Waals surface area contributed by atoms with E-state index in [4.69, 9.17) is 11.6 Å². The summed E-state index contributed by atoms with van der Waals surface area (Å²) in [5, 5.41) is 3.60. The number of aryl methyl sites for hydroxylation is 2. The van der Waals surface area contributed by atoms with Crippen molar-refractivity contribution in [3.63, 3.8) is 0 Å². The van der Waals surface area contributed by atoms with Gasteiger partial charge in [-0.1, -0.05) is 17.7 Å². The van der Waals surface area contributed by atoms with E-state index in [1.54, 1.807) is 18.2 Å². The van der Waals surface area contributed by atoms with Gasteiger partial charge in [0.25, 0.3) is 5.91 Å². The van der Waals surface area contributed by atoms with Gasteiger partial charge in [-0.05, 0) is 83.3 Å². The van der Waals surface area contributed by atoms with Crippen molar-refractivity contribution in [3.8, 4) is 0 Å². The first-order valence-corrected chi connectivity index (χ1v) is 7.97. The predicted octanol–water partition coefficient (Wildman–Crippen LogP) is 4.69. The third-order valence-electron chi connectivity index (χ3n) is 3.53.